The summed E-state index contributed by atoms with van der Waals surface area (Å²) >= 11 is 0. The Kier molecular flexibility index (Phi) is 8.63. The highest BCUT2D eigenvalue weighted by Gasteiger charge is 2.52. The van der Waals surface area contributed by atoms with Crippen molar-refractivity contribution in [1.82, 2.24) is 0 Å². The SMILES string of the molecule is CCCCO[Si](OCCC)(C1CCCCC1)C1CCC(C)CC1. The van der Waals surface area contributed by atoms with Crippen LogP contribution in [-0.2, 0) is 8.85 Å². The van der Waals surface area contributed by atoms with Crippen molar-refractivity contribution >= 4 is 8.56 Å². The Balaban J connectivity index is 2.15. The Morgan fingerprint density at radius 1 is 0.739 bits per heavy atom. The van der Waals surface area contributed by atoms with Gasteiger partial charge in [0, 0.05) is 24.3 Å². The van der Waals surface area contributed by atoms with Crippen molar-refractivity contribution in [3.05, 3.63) is 0 Å². The van der Waals surface area contributed by atoms with Crippen LogP contribution in [0.15, 0.2) is 0 Å². The monoisotopic (exact) mass is 340 g/mol. The molecular formula is C20H40O2Si. The quantitative estimate of drug-likeness (QED) is 0.348. The van der Waals surface area contributed by atoms with Crippen molar-refractivity contribution in [2.75, 3.05) is 13.2 Å². The van der Waals surface area contributed by atoms with E-state index in [2.05, 4.69) is 20.8 Å². The first kappa shape index (κ1) is 19.5. The zero-order valence-corrected chi connectivity index (χ0v) is 16.9. The zero-order valence-electron chi connectivity index (χ0n) is 15.9. The molecule has 0 amide bonds. The number of hydrogen-bond donors (Lipinski definition) is 0. The molecule has 2 nitrogen and oxygen atoms in total. The fourth-order valence-electron chi connectivity index (χ4n) is 4.65. The van der Waals surface area contributed by atoms with E-state index in [0.717, 1.165) is 36.6 Å². The average molecular weight is 341 g/mol. The molecule has 2 rings (SSSR count). The van der Waals surface area contributed by atoms with Crippen molar-refractivity contribution in [2.45, 2.75) is 109 Å². The van der Waals surface area contributed by atoms with Gasteiger partial charge in [0.25, 0.3) is 0 Å². The molecule has 0 aliphatic heterocycles. The lowest BCUT2D eigenvalue weighted by molar-refractivity contribution is 0.129. The second-order valence-electron chi connectivity index (χ2n) is 8.06. The van der Waals surface area contributed by atoms with Crippen molar-refractivity contribution in [3.63, 3.8) is 0 Å². The van der Waals surface area contributed by atoms with Crippen LogP contribution < -0.4 is 0 Å². The van der Waals surface area contributed by atoms with Gasteiger partial charge in [0.2, 0.25) is 0 Å². The van der Waals surface area contributed by atoms with Crippen LogP contribution >= 0.6 is 0 Å². The lowest BCUT2D eigenvalue weighted by Crippen LogP contribution is -2.53. The minimum Gasteiger partial charge on any atom is -0.394 e. The number of unbranched alkanes of at least 4 members (excludes halogenated alkanes) is 1. The van der Waals surface area contributed by atoms with Crippen LogP contribution in [0.25, 0.3) is 0 Å². The summed E-state index contributed by atoms with van der Waals surface area (Å²) in [7, 11) is -2.08. The van der Waals surface area contributed by atoms with Crippen LogP contribution in [-0.4, -0.2) is 21.8 Å². The maximum absolute atomic E-state index is 6.80. The third-order valence-electron chi connectivity index (χ3n) is 6.12. The van der Waals surface area contributed by atoms with Gasteiger partial charge in [-0.1, -0.05) is 59.3 Å². The maximum Gasteiger partial charge on any atom is 0.344 e. The van der Waals surface area contributed by atoms with Gasteiger partial charge in [-0.05, 0) is 44.4 Å². The number of hydrogen-bond acceptors (Lipinski definition) is 2. The van der Waals surface area contributed by atoms with Gasteiger partial charge < -0.3 is 8.85 Å². The predicted octanol–water partition coefficient (Wildman–Crippen LogP) is 6.59. The lowest BCUT2D eigenvalue weighted by atomic mass is 9.90. The molecule has 1 atom stereocenters. The van der Waals surface area contributed by atoms with E-state index in [-0.39, 0.29) is 0 Å². The molecule has 23 heavy (non-hydrogen) atoms. The third kappa shape index (κ3) is 5.30. The molecule has 0 bridgehead atoms. The Hall–Kier alpha value is 0.137. The second kappa shape index (κ2) is 10.2. The standard InChI is InChI=1S/C20H40O2Si/c1-4-6-17-22-23(21-16-5-2,19-10-8-7-9-11-19)20-14-12-18(3)13-15-20/h18-20H,4-17H2,1-3H3. The summed E-state index contributed by atoms with van der Waals surface area (Å²) in [5.41, 5.74) is 1.52. The van der Waals surface area contributed by atoms with Crippen molar-refractivity contribution < 1.29 is 8.85 Å². The largest absolute Gasteiger partial charge is 0.394 e. The molecule has 0 aromatic rings. The molecule has 0 N–H and O–H groups in total. The molecule has 0 heterocycles. The van der Waals surface area contributed by atoms with Crippen LogP contribution in [0.3, 0.4) is 0 Å². The summed E-state index contributed by atoms with van der Waals surface area (Å²) in [6.45, 7) is 8.79. The maximum atomic E-state index is 6.80. The summed E-state index contributed by atoms with van der Waals surface area (Å²) in [6.07, 6.45) is 16.0. The average Bonchev–Trinajstić information content (AvgIpc) is 2.60. The van der Waals surface area contributed by atoms with E-state index in [1.807, 2.05) is 0 Å². The van der Waals surface area contributed by atoms with Gasteiger partial charge in [-0.2, -0.15) is 0 Å². The van der Waals surface area contributed by atoms with Gasteiger partial charge in [0.1, 0.15) is 0 Å². The fraction of sp³-hybridized carbons (Fsp3) is 1.00. The highest BCUT2D eigenvalue weighted by atomic mass is 28.4. The van der Waals surface area contributed by atoms with Gasteiger partial charge in [-0.15, -0.1) is 0 Å². The summed E-state index contributed by atoms with van der Waals surface area (Å²) in [5, 5.41) is 0. The second-order valence-corrected chi connectivity index (χ2v) is 11.7. The molecule has 2 saturated carbocycles. The molecule has 2 aliphatic carbocycles. The molecule has 1 unspecified atom stereocenters. The summed E-state index contributed by atoms with van der Waals surface area (Å²) in [4.78, 5) is 0. The summed E-state index contributed by atoms with van der Waals surface area (Å²) in [6, 6.07) is 0. The van der Waals surface area contributed by atoms with Gasteiger partial charge in [0.05, 0.1) is 0 Å². The highest BCUT2D eigenvalue weighted by molar-refractivity contribution is 6.70. The molecule has 2 aliphatic rings. The Labute approximate surface area is 146 Å². The van der Waals surface area contributed by atoms with Crippen LogP contribution in [0.4, 0.5) is 0 Å². The van der Waals surface area contributed by atoms with Crippen molar-refractivity contribution in [3.8, 4) is 0 Å². The Bertz CT molecular complexity index is 309. The minimum absolute atomic E-state index is 0.755. The van der Waals surface area contributed by atoms with Gasteiger partial charge in [-0.25, -0.2) is 0 Å². The first-order valence-electron chi connectivity index (χ1n) is 10.5. The Morgan fingerprint density at radius 2 is 1.35 bits per heavy atom. The molecule has 136 valence electrons. The first-order valence-corrected chi connectivity index (χ1v) is 12.5. The van der Waals surface area contributed by atoms with Crippen molar-refractivity contribution in [1.29, 1.82) is 0 Å². The van der Waals surface area contributed by atoms with Gasteiger partial charge >= 0.3 is 8.56 Å². The Morgan fingerprint density at radius 3 is 1.96 bits per heavy atom. The van der Waals surface area contributed by atoms with Crippen LogP contribution in [0.5, 0.6) is 0 Å². The van der Waals surface area contributed by atoms with E-state index in [1.165, 1.54) is 70.6 Å². The van der Waals surface area contributed by atoms with E-state index in [1.54, 1.807) is 0 Å². The first-order chi connectivity index (χ1) is 11.2. The summed E-state index contributed by atoms with van der Waals surface area (Å²) < 4.78 is 13.6. The van der Waals surface area contributed by atoms with E-state index in [4.69, 9.17) is 8.85 Å². The molecule has 3 heteroatoms. The van der Waals surface area contributed by atoms with E-state index in [0.29, 0.717) is 0 Å². The molecule has 2 fully saturated rings. The van der Waals surface area contributed by atoms with Crippen molar-refractivity contribution in [2.24, 2.45) is 5.92 Å². The van der Waals surface area contributed by atoms with E-state index >= 15 is 0 Å². The smallest absolute Gasteiger partial charge is 0.344 e. The van der Waals surface area contributed by atoms with Gasteiger partial charge in [0.15, 0.2) is 0 Å². The van der Waals surface area contributed by atoms with E-state index < -0.39 is 8.56 Å². The van der Waals surface area contributed by atoms with Crippen LogP contribution in [0.2, 0.25) is 11.1 Å². The molecule has 0 saturated heterocycles. The zero-order chi connectivity index (χ0) is 16.5. The molecule has 0 aromatic carbocycles. The van der Waals surface area contributed by atoms with Gasteiger partial charge in [-0.3, -0.25) is 0 Å². The molecule has 0 aromatic heterocycles. The fourth-order valence-corrected chi connectivity index (χ4v) is 9.68. The minimum atomic E-state index is -2.08. The van der Waals surface area contributed by atoms with Crippen LogP contribution in [0.1, 0.15) is 97.8 Å². The molecule has 0 spiro atoms. The molecular weight excluding hydrogens is 300 g/mol. The highest BCUT2D eigenvalue weighted by Crippen LogP contribution is 2.50. The topological polar surface area (TPSA) is 18.5 Å². The van der Waals surface area contributed by atoms with Crippen LogP contribution in [0, 0.1) is 5.92 Å². The predicted molar refractivity (Wildman–Crippen MR) is 101 cm³/mol. The summed E-state index contributed by atoms with van der Waals surface area (Å²) in [5.74, 6) is 0.908. The lowest BCUT2D eigenvalue weighted by Gasteiger charge is -2.46. The normalized spacial score (nSPS) is 29.3. The van der Waals surface area contributed by atoms with E-state index in [9.17, 15) is 0 Å². The number of rotatable bonds is 9. The third-order valence-corrected chi connectivity index (χ3v) is 10.9. The molecule has 0 radical (unpaired) electrons.